The second kappa shape index (κ2) is 5.71. The monoisotopic (exact) mass is 300 g/mol. The Labute approximate surface area is 122 Å². The summed E-state index contributed by atoms with van der Waals surface area (Å²) in [4.78, 5) is 19.3. The average molecular weight is 300 g/mol. The molecule has 0 radical (unpaired) electrons. The van der Waals surface area contributed by atoms with E-state index in [9.17, 15) is 4.79 Å². The van der Waals surface area contributed by atoms with E-state index in [2.05, 4.69) is 23.7 Å². The van der Waals surface area contributed by atoms with Crippen LogP contribution < -0.4 is 4.90 Å². The third kappa shape index (κ3) is 3.42. The molecule has 2 rings (SSSR count). The van der Waals surface area contributed by atoms with Crippen LogP contribution in [0.4, 0.5) is 5.13 Å². The highest BCUT2D eigenvalue weighted by atomic mass is 32.2. The highest BCUT2D eigenvalue weighted by Crippen LogP contribution is 2.34. The van der Waals surface area contributed by atoms with Crippen molar-refractivity contribution in [3.63, 3.8) is 0 Å². The van der Waals surface area contributed by atoms with Crippen LogP contribution in [0.5, 0.6) is 0 Å². The van der Waals surface area contributed by atoms with Crippen molar-refractivity contribution in [2.24, 2.45) is 0 Å². The van der Waals surface area contributed by atoms with Crippen molar-refractivity contribution in [1.29, 1.82) is 0 Å². The maximum Gasteiger partial charge on any atom is 0.357 e. The number of hydrogen-bond acceptors (Lipinski definition) is 6. The molecule has 1 fully saturated rings. The number of ether oxygens (including phenoxy) is 1. The van der Waals surface area contributed by atoms with Gasteiger partial charge in [-0.1, -0.05) is 13.8 Å². The van der Waals surface area contributed by atoms with Crippen molar-refractivity contribution in [3.8, 4) is 0 Å². The number of thioether (sulfide) groups is 1. The fourth-order valence-corrected chi connectivity index (χ4v) is 4.06. The molecule has 0 atom stereocenters. The third-order valence-electron chi connectivity index (χ3n) is 3.27. The second-order valence-corrected chi connectivity index (χ2v) is 8.22. The minimum absolute atomic E-state index is 0.326. The van der Waals surface area contributed by atoms with Crippen LogP contribution >= 0.6 is 23.1 Å². The number of hydrogen-bond donors (Lipinski definition) is 0. The molecule has 1 aromatic rings. The van der Waals surface area contributed by atoms with Gasteiger partial charge in [0.15, 0.2) is 10.8 Å². The van der Waals surface area contributed by atoms with E-state index in [-0.39, 0.29) is 5.97 Å². The summed E-state index contributed by atoms with van der Waals surface area (Å²) in [5.74, 6) is 0.753. The Balaban J connectivity index is 2.16. The van der Waals surface area contributed by atoms with E-state index >= 15 is 0 Å². The first-order valence-corrected chi connectivity index (χ1v) is 8.18. The van der Waals surface area contributed by atoms with Gasteiger partial charge in [-0.3, -0.25) is 0 Å². The lowest BCUT2D eigenvalue weighted by atomic mass is 10.1. The highest BCUT2D eigenvalue weighted by molar-refractivity contribution is 8.00. The Morgan fingerprint density at radius 2 is 2.16 bits per heavy atom. The summed E-state index contributed by atoms with van der Waals surface area (Å²) in [6.45, 7) is 8.47. The first kappa shape index (κ1) is 14.7. The normalized spacial score (nSPS) is 19.1. The summed E-state index contributed by atoms with van der Waals surface area (Å²) in [7, 11) is 1.39. The summed E-state index contributed by atoms with van der Waals surface area (Å²) in [5.41, 5.74) is 0.457. The first-order chi connectivity index (χ1) is 8.93. The van der Waals surface area contributed by atoms with Crippen LogP contribution in [0.25, 0.3) is 0 Å². The molecule has 4 nitrogen and oxygen atoms in total. The smallest absolute Gasteiger partial charge is 0.357 e. The summed E-state index contributed by atoms with van der Waals surface area (Å²) < 4.78 is 5.08. The van der Waals surface area contributed by atoms with Gasteiger partial charge >= 0.3 is 5.97 Å². The molecule has 0 unspecified atom stereocenters. The molecule has 1 aliphatic heterocycles. The van der Waals surface area contributed by atoms with Gasteiger partial charge in [0.2, 0.25) is 0 Å². The topological polar surface area (TPSA) is 42.4 Å². The highest BCUT2D eigenvalue weighted by Gasteiger charge is 2.26. The van der Waals surface area contributed by atoms with Gasteiger partial charge in [-0.15, -0.1) is 11.3 Å². The van der Waals surface area contributed by atoms with E-state index in [4.69, 9.17) is 4.74 Å². The van der Waals surface area contributed by atoms with Crippen molar-refractivity contribution < 1.29 is 9.53 Å². The lowest BCUT2D eigenvalue weighted by molar-refractivity contribution is 0.0594. The van der Waals surface area contributed by atoms with Crippen molar-refractivity contribution in [3.05, 3.63) is 10.6 Å². The van der Waals surface area contributed by atoms with Crippen LogP contribution in [-0.2, 0) is 4.74 Å². The Bertz CT molecular complexity index is 471. The van der Waals surface area contributed by atoms with Gasteiger partial charge in [0, 0.05) is 28.5 Å². The van der Waals surface area contributed by atoms with Crippen LogP contribution in [0, 0.1) is 6.92 Å². The van der Waals surface area contributed by atoms with Gasteiger partial charge in [-0.25, -0.2) is 9.78 Å². The molecule has 0 amide bonds. The molecule has 19 heavy (non-hydrogen) atoms. The van der Waals surface area contributed by atoms with Crippen LogP contribution in [-0.4, -0.2) is 41.7 Å². The lowest BCUT2D eigenvalue weighted by Crippen LogP contribution is -2.26. The van der Waals surface area contributed by atoms with E-state index in [1.807, 2.05) is 18.7 Å². The zero-order valence-corrected chi connectivity index (χ0v) is 13.5. The van der Waals surface area contributed by atoms with Gasteiger partial charge < -0.3 is 9.64 Å². The number of aryl methyl sites for hydroxylation is 1. The molecule has 6 heteroatoms. The molecule has 0 aromatic carbocycles. The van der Waals surface area contributed by atoms with E-state index in [0.717, 1.165) is 35.3 Å². The maximum atomic E-state index is 11.6. The lowest BCUT2D eigenvalue weighted by Gasteiger charge is -2.22. The van der Waals surface area contributed by atoms with E-state index in [0.29, 0.717) is 10.4 Å². The summed E-state index contributed by atoms with van der Waals surface area (Å²) in [6, 6.07) is 0. The minimum atomic E-state index is -0.343. The summed E-state index contributed by atoms with van der Waals surface area (Å²) in [6.07, 6.45) is 1.13. The Hall–Kier alpha value is -0.750. The number of rotatable bonds is 2. The van der Waals surface area contributed by atoms with Crippen molar-refractivity contribution in [2.75, 3.05) is 30.9 Å². The van der Waals surface area contributed by atoms with E-state index in [1.54, 1.807) is 11.3 Å². The minimum Gasteiger partial charge on any atom is -0.464 e. The molecule has 1 aromatic heterocycles. The molecule has 0 bridgehead atoms. The third-order valence-corrected chi connectivity index (χ3v) is 5.68. The van der Waals surface area contributed by atoms with Gasteiger partial charge in [0.1, 0.15) is 0 Å². The van der Waals surface area contributed by atoms with Crippen molar-refractivity contribution >= 4 is 34.2 Å². The Kier molecular flexibility index (Phi) is 4.40. The molecule has 1 aliphatic rings. The van der Waals surface area contributed by atoms with E-state index in [1.165, 1.54) is 7.11 Å². The first-order valence-electron chi connectivity index (χ1n) is 6.37. The number of methoxy groups -OCH3 is 1. The zero-order chi connectivity index (χ0) is 14.0. The molecule has 0 spiro atoms. The molecule has 106 valence electrons. The van der Waals surface area contributed by atoms with Crippen molar-refractivity contribution in [2.45, 2.75) is 31.9 Å². The molecule has 2 heterocycles. The number of anilines is 1. The number of thiazole rings is 1. The average Bonchev–Trinajstić information content (AvgIpc) is 2.64. The second-order valence-electron chi connectivity index (χ2n) is 5.24. The Morgan fingerprint density at radius 3 is 2.84 bits per heavy atom. The molecule has 1 saturated heterocycles. The van der Waals surface area contributed by atoms with Gasteiger partial charge in [-0.05, 0) is 13.3 Å². The molecular weight excluding hydrogens is 280 g/mol. The SMILES string of the molecule is COC(=O)c1nc(N2CCSC(C)(C)CC2)sc1C. The number of carbonyl (C=O) groups is 1. The zero-order valence-electron chi connectivity index (χ0n) is 11.9. The van der Waals surface area contributed by atoms with Crippen LogP contribution in [0.1, 0.15) is 35.6 Å². The molecular formula is C13H20N2O2S2. The fourth-order valence-electron chi connectivity index (χ4n) is 2.02. The Morgan fingerprint density at radius 1 is 1.42 bits per heavy atom. The molecule has 0 saturated carbocycles. The standard InChI is InChI=1S/C13H20N2O2S2/c1-9-10(11(16)17-4)14-12(19-9)15-6-5-13(2,3)18-8-7-15/h5-8H2,1-4H3. The van der Waals surface area contributed by atoms with Crippen LogP contribution in [0.2, 0.25) is 0 Å². The number of carbonyl (C=O) groups excluding carboxylic acids is 1. The number of esters is 1. The van der Waals surface area contributed by atoms with Crippen LogP contribution in [0.15, 0.2) is 0 Å². The molecule has 0 N–H and O–H groups in total. The largest absolute Gasteiger partial charge is 0.464 e. The van der Waals surface area contributed by atoms with Crippen molar-refractivity contribution in [1.82, 2.24) is 4.98 Å². The molecule has 0 aliphatic carbocycles. The summed E-state index contributed by atoms with van der Waals surface area (Å²) in [5, 5.41) is 0.941. The summed E-state index contributed by atoms with van der Waals surface area (Å²) >= 11 is 3.58. The van der Waals surface area contributed by atoms with Gasteiger partial charge in [0.25, 0.3) is 0 Å². The van der Waals surface area contributed by atoms with E-state index < -0.39 is 0 Å². The number of aromatic nitrogens is 1. The van der Waals surface area contributed by atoms with Gasteiger partial charge in [0.05, 0.1) is 7.11 Å². The number of nitrogens with zero attached hydrogens (tertiary/aromatic N) is 2. The maximum absolute atomic E-state index is 11.6. The van der Waals surface area contributed by atoms with Crippen LogP contribution in [0.3, 0.4) is 0 Å². The predicted molar refractivity (Wildman–Crippen MR) is 81.6 cm³/mol. The predicted octanol–water partition coefficient (Wildman–Crippen LogP) is 2.96. The quantitative estimate of drug-likeness (QED) is 0.786. The van der Waals surface area contributed by atoms with Gasteiger partial charge in [-0.2, -0.15) is 11.8 Å². The fraction of sp³-hybridized carbons (Fsp3) is 0.692.